The van der Waals surface area contributed by atoms with Crippen molar-refractivity contribution in [3.8, 4) is 5.75 Å². The van der Waals surface area contributed by atoms with Crippen LogP contribution in [0.2, 0.25) is 0 Å². The van der Waals surface area contributed by atoms with Crippen molar-refractivity contribution in [1.29, 1.82) is 0 Å². The van der Waals surface area contributed by atoms with Crippen LogP contribution in [0.1, 0.15) is 37.8 Å². The summed E-state index contributed by atoms with van der Waals surface area (Å²) >= 11 is 0. The second kappa shape index (κ2) is 6.06. The van der Waals surface area contributed by atoms with Gasteiger partial charge in [0, 0.05) is 5.56 Å². The van der Waals surface area contributed by atoms with E-state index in [2.05, 4.69) is 12.1 Å². The number of oxime groups is 1. The second-order valence-electron chi connectivity index (χ2n) is 5.14. The van der Waals surface area contributed by atoms with Crippen molar-refractivity contribution in [3.05, 3.63) is 29.3 Å². The van der Waals surface area contributed by atoms with E-state index in [1.165, 1.54) is 0 Å². The summed E-state index contributed by atoms with van der Waals surface area (Å²) in [5, 5.41) is 12.2. The molecule has 1 N–H and O–H groups in total. The van der Waals surface area contributed by atoms with Crippen LogP contribution >= 0.6 is 0 Å². The predicted molar refractivity (Wildman–Crippen MR) is 74.2 cm³/mol. The fourth-order valence-electron chi connectivity index (χ4n) is 2.29. The maximum Gasteiger partial charge on any atom is 0.128 e. The smallest absolute Gasteiger partial charge is 0.128 e. The molecule has 0 saturated carbocycles. The molecule has 0 aromatic heterocycles. The Hall–Kier alpha value is -1.55. The van der Waals surface area contributed by atoms with Gasteiger partial charge >= 0.3 is 0 Å². The molecule has 19 heavy (non-hydrogen) atoms. The molecule has 1 saturated heterocycles. The average molecular weight is 263 g/mol. The van der Waals surface area contributed by atoms with Crippen LogP contribution in [0.4, 0.5) is 0 Å². The summed E-state index contributed by atoms with van der Waals surface area (Å²) in [5.41, 5.74) is 2.49. The summed E-state index contributed by atoms with van der Waals surface area (Å²) in [5.74, 6) is 0.749. The van der Waals surface area contributed by atoms with Crippen molar-refractivity contribution < 1.29 is 14.7 Å². The molecule has 4 heteroatoms. The average Bonchev–Trinajstić information content (AvgIpc) is 2.81. The Morgan fingerprint density at radius 3 is 2.89 bits per heavy atom. The van der Waals surface area contributed by atoms with E-state index >= 15 is 0 Å². The van der Waals surface area contributed by atoms with Crippen molar-refractivity contribution in [2.24, 2.45) is 5.16 Å². The first kappa shape index (κ1) is 13.9. The van der Waals surface area contributed by atoms with Crippen LogP contribution in [-0.4, -0.2) is 29.7 Å². The van der Waals surface area contributed by atoms with Crippen LogP contribution in [0.25, 0.3) is 0 Å². The summed E-state index contributed by atoms with van der Waals surface area (Å²) in [6.07, 6.45) is 2.61. The molecule has 104 valence electrons. The third-order valence-corrected chi connectivity index (χ3v) is 3.42. The van der Waals surface area contributed by atoms with E-state index in [0.717, 1.165) is 29.7 Å². The van der Waals surface area contributed by atoms with Crippen LogP contribution in [0, 0.1) is 6.92 Å². The molecule has 2 unspecified atom stereocenters. The van der Waals surface area contributed by atoms with Crippen LogP contribution in [0.15, 0.2) is 23.4 Å². The minimum atomic E-state index is 0.162. The van der Waals surface area contributed by atoms with E-state index in [1.54, 1.807) is 6.92 Å². The minimum absolute atomic E-state index is 0.162. The van der Waals surface area contributed by atoms with Gasteiger partial charge in [0.2, 0.25) is 0 Å². The maximum absolute atomic E-state index is 8.90. The Labute approximate surface area is 114 Å². The molecular formula is C15H21NO3. The van der Waals surface area contributed by atoms with E-state index in [9.17, 15) is 0 Å². The third-order valence-electron chi connectivity index (χ3n) is 3.42. The van der Waals surface area contributed by atoms with E-state index in [4.69, 9.17) is 14.7 Å². The summed E-state index contributed by atoms with van der Waals surface area (Å²) in [4.78, 5) is 0. The van der Waals surface area contributed by atoms with Gasteiger partial charge in [-0.05, 0) is 51.3 Å². The number of hydrogen-bond acceptors (Lipinski definition) is 4. The van der Waals surface area contributed by atoms with Crippen molar-refractivity contribution in [3.63, 3.8) is 0 Å². The molecule has 2 rings (SSSR count). The lowest BCUT2D eigenvalue weighted by molar-refractivity contribution is 0.0264. The third kappa shape index (κ3) is 3.47. The van der Waals surface area contributed by atoms with Gasteiger partial charge in [-0.3, -0.25) is 0 Å². The molecule has 1 aromatic carbocycles. The molecule has 4 nitrogen and oxygen atoms in total. The number of ether oxygens (including phenoxy) is 2. The number of aryl methyl sites for hydroxylation is 1. The van der Waals surface area contributed by atoms with Gasteiger partial charge in [-0.2, -0.15) is 0 Å². The lowest BCUT2D eigenvalue weighted by atomic mass is 10.1. The standard InChI is InChI=1S/C15H21NO3/c1-10-4-7-14(12(3)16-17)15(8-10)18-9-13-6-5-11(2)19-13/h4,7-8,11,13,17H,5-6,9H2,1-3H3/b16-12+. The normalized spacial score (nSPS) is 23.6. The number of rotatable bonds is 4. The molecule has 0 aliphatic carbocycles. The lowest BCUT2D eigenvalue weighted by Gasteiger charge is -2.15. The molecule has 0 amide bonds. The Morgan fingerprint density at radius 1 is 1.47 bits per heavy atom. The topological polar surface area (TPSA) is 51.1 Å². The first-order valence-electron chi connectivity index (χ1n) is 6.68. The monoisotopic (exact) mass is 263 g/mol. The zero-order chi connectivity index (χ0) is 13.8. The molecule has 0 bridgehead atoms. The van der Waals surface area contributed by atoms with Crippen LogP contribution in [0.3, 0.4) is 0 Å². The number of nitrogens with zero attached hydrogens (tertiary/aromatic N) is 1. The van der Waals surface area contributed by atoms with Crippen molar-refractivity contribution in [2.75, 3.05) is 6.61 Å². The van der Waals surface area contributed by atoms with Gasteiger partial charge in [0.05, 0.1) is 17.9 Å². The first-order valence-corrected chi connectivity index (χ1v) is 6.68. The van der Waals surface area contributed by atoms with E-state index in [0.29, 0.717) is 18.4 Å². The Bertz CT molecular complexity index is 470. The molecule has 1 aliphatic rings. The summed E-state index contributed by atoms with van der Waals surface area (Å²) in [7, 11) is 0. The van der Waals surface area contributed by atoms with Crippen molar-refractivity contribution in [1.82, 2.24) is 0 Å². The van der Waals surface area contributed by atoms with Gasteiger partial charge < -0.3 is 14.7 Å². The van der Waals surface area contributed by atoms with Gasteiger partial charge in [0.25, 0.3) is 0 Å². The maximum atomic E-state index is 8.90. The van der Waals surface area contributed by atoms with Gasteiger partial charge in [-0.1, -0.05) is 11.2 Å². The summed E-state index contributed by atoms with van der Waals surface area (Å²) < 4.78 is 11.6. The quantitative estimate of drug-likeness (QED) is 0.516. The molecular weight excluding hydrogens is 242 g/mol. The Morgan fingerprint density at radius 2 is 2.26 bits per heavy atom. The van der Waals surface area contributed by atoms with E-state index < -0.39 is 0 Å². The minimum Gasteiger partial charge on any atom is -0.490 e. The van der Waals surface area contributed by atoms with Gasteiger partial charge in [-0.15, -0.1) is 0 Å². The number of hydrogen-bond donors (Lipinski definition) is 1. The molecule has 1 aliphatic heterocycles. The first-order chi connectivity index (χ1) is 9.10. The van der Waals surface area contributed by atoms with E-state index in [-0.39, 0.29) is 6.10 Å². The van der Waals surface area contributed by atoms with Gasteiger partial charge in [0.15, 0.2) is 0 Å². The zero-order valence-electron chi connectivity index (χ0n) is 11.7. The highest BCUT2D eigenvalue weighted by Crippen LogP contribution is 2.24. The summed E-state index contributed by atoms with van der Waals surface area (Å²) in [6.45, 7) is 6.39. The molecule has 0 spiro atoms. The van der Waals surface area contributed by atoms with Gasteiger partial charge in [0.1, 0.15) is 12.4 Å². The van der Waals surface area contributed by atoms with Gasteiger partial charge in [-0.25, -0.2) is 0 Å². The fraction of sp³-hybridized carbons (Fsp3) is 0.533. The molecule has 0 radical (unpaired) electrons. The zero-order valence-corrected chi connectivity index (χ0v) is 11.7. The largest absolute Gasteiger partial charge is 0.490 e. The highest BCUT2D eigenvalue weighted by Gasteiger charge is 2.22. The van der Waals surface area contributed by atoms with Crippen LogP contribution < -0.4 is 4.74 Å². The van der Waals surface area contributed by atoms with Crippen molar-refractivity contribution >= 4 is 5.71 Å². The molecule has 2 atom stereocenters. The number of benzene rings is 1. The SMILES string of the molecule is C/C(=N\O)c1ccc(C)cc1OCC1CCC(C)O1. The van der Waals surface area contributed by atoms with E-state index in [1.807, 2.05) is 25.1 Å². The van der Waals surface area contributed by atoms with Crippen LogP contribution in [0.5, 0.6) is 5.75 Å². The fourth-order valence-corrected chi connectivity index (χ4v) is 2.29. The van der Waals surface area contributed by atoms with Crippen LogP contribution in [-0.2, 0) is 4.74 Å². The van der Waals surface area contributed by atoms with Crippen molar-refractivity contribution in [2.45, 2.75) is 45.8 Å². The Balaban J connectivity index is 2.08. The summed E-state index contributed by atoms with van der Waals surface area (Å²) in [6, 6.07) is 5.85. The highest BCUT2D eigenvalue weighted by atomic mass is 16.5. The predicted octanol–water partition coefficient (Wildman–Crippen LogP) is 3.14. The molecule has 1 heterocycles. The Kier molecular flexibility index (Phi) is 4.43. The molecule has 1 aromatic rings. The lowest BCUT2D eigenvalue weighted by Crippen LogP contribution is -2.18. The second-order valence-corrected chi connectivity index (χ2v) is 5.14. The highest BCUT2D eigenvalue weighted by molar-refractivity contribution is 6.00. The molecule has 1 fully saturated rings.